The highest BCUT2D eigenvalue weighted by Crippen LogP contribution is 2.25. The molecule has 0 atom stereocenters. The van der Waals surface area contributed by atoms with Gasteiger partial charge in [0.25, 0.3) is 0 Å². The van der Waals surface area contributed by atoms with Crippen molar-refractivity contribution in [3.63, 3.8) is 0 Å². The molecule has 0 radical (unpaired) electrons. The number of rotatable bonds is 5. The maximum Gasteiger partial charge on any atom is 0.225 e. The van der Waals surface area contributed by atoms with Crippen LogP contribution in [0.4, 0.5) is 5.69 Å². The Balaban J connectivity index is 2.52. The maximum absolute atomic E-state index is 11.5. The fourth-order valence-corrected chi connectivity index (χ4v) is 1.52. The van der Waals surface area contributed by atoms with Crippen LogP contribution in [0.25, 0.3) is 0 Å². The summed E-state index contributed by atoms with van der Waals surface area (Å²) < 4.78 is 0. The highest BCUT2D eigenvalue weighted by Gasteiger charge is 2.05. The normalized spacial score (nSPS) is 10.2. The lowest BCUT2D eigenvalue weighted by molar-refractivity contribution is -0.116. The van der Waals surface area contributed by atoms with E-state index in [2.05, 4.69) is 10.6 Å². The van der Waals surface area contributed by atoms with Gasteiger partial charge in [0.05, 0.1) is 10.7 Å². The second-order valence-electron chi connectivity index (χ2n) is 3.28. The summed E-state index contributed by atoms with van der Waals surface area (Å²) in [7, 11) is 0. The molecule has 0 aromatic heterocycles. The standard InChI is InChI=1S/C11H14Cl2N2O/c1-2-14-6-5-11(16)15-10-7-8(12)3-4-9(10)13/h3-4,7,14H,2,5-6H2,1H3,(H,15,16). The number of nitrogens with one attached hydrogen (secondary N) is 2. The Kier molecular flexibility index (Phi) is 5.60. The Bertz CT molecular complexity index is 369. The van der Waals surface area contributed by atoms with Gasteiger partial charge in [0, 0.05) is 18.0 Å². The molecule has 0 saturated carbocycles. The Morgan fingerprint density at radius 1 is 1.38 bits per heavy atom. The molecule has 1 rings (SSSR count). The van der Waals surface area contributed by atoms with Crippen LogP contribution in [0.15, 0.2) is 18.2 Å². The number of amides is 1. The molecule has 0 bridgehead atoms. The van der Waals surface area contributed by atoms with Gasteiger partial charge in [0.1, 0.15) is 0 Å². The van der Waals surface area contributed by atoms with Crippen LogP contribution in [0.2, 0.25) is 10.0 Å². The second kappa shape index (κ2) is 6.74. The molecule has 5 heteroatoms. The second-order valence-corrected chi connectivity index (χ2v) is 4.12. The molecule has 0 aliphatic carbocycles. The number of halogens is 2. The maximum atomic E-state index is 11.5. The van der Waals surface area contributed by atoms with Gasteiger partial charge in [0.2, 0.25) is 5.91 Å². The van der Waals surface area contributed by atoms with E-state index in [0.717, 1.165) is 6.54 Å². The number of carbonyl (C=O) groups excluding carboxylic acids is 1. The van der Waals surface area contributed by atoms with E-state index < -0.39 is 0 Å². The number of hydrogen-bond acceptors (Lipinski definition) is 2. The predicted octanol–water partition coefficient (Wildman–Crippen LogP) is 2.93. The SMILES string of the molecule is CCNCCC(=O)Nc1cc(Cl)ccc1Cl. The summed E-state index contributed by atoms with van der Waals surface area (Å²) in [5.41, 5.74) is 0.552. The molecule has 0 saturated heterocycles. The number of benzene rings is 1. The van der Waals surface area contributed by atoms with Gasteiger partial charge in [-0.05, 0) is 24.7 Å². The number of anilines is 1. The zero-order valence-corrected chi connectivity index (χ0v) is 10.5. The summed E-state index contributed by atoms with van der Waals surface area (Å²) in [4.78, 5) is 11.5. The van der Waals surface area contributed by atoms with E-state index in [0.29, 0.717) is 28.7 Å². The zero-order chi connectivity index (χ0) is 12.0. The third-order valence-corrected chi connectivity index (χ3v) is 2.55. The van der Waals surface area contributed by atoms with Crippen molar-refractivity contribution in [3.05, 3.63) is 28.2 Å². The van der Waals surface area contributed by atoms with Crippen molar-refractivity contribution >= 4 is 34.8 Å². The largest absolute Gasteiger partial charge is 0.325 e. The molecular weight excluding hydrogens is 247 g/mol. The Morgan fingerprint density at radius 3 is 2.81 bits per heavy atom. The van der Waals surface area contributed by atoms with E-state index >= 15 is 0 Å². The van der Waals surface area contributed by atoms with Crippen molar-refractivity contribution in [2.24, 2.45) is 0 Å². The molecular formula is C11H14Cl2N2O. The highest BCUT2D eigenvalue weighted by atomic mass is 35.5. The third-order valence-electron chi connectivity index (χ3n) is 1.98. The van der Waals surface area contributed by atoms with Gasteiger partial charge < -0.3 is 10.6 Å². The minimum Gasteiger partial charge on any atom is -0.325 e. The van der Waals surface area contributed by atoms with Gasteiger partial charge in [-0.3, -0.25) is 4.79 Å². The quantitative estimate of drug-likeness (QED) is 0.800. The molecule has 3 nitrogen and oxygen atoms in total. The molecule has 2 N–H and O–H groups in total. The summed E-state index contributed by atoms with van der Waals surface area (Å²) in [6.07, 6.45) is 0.413. The van der Waals surface area contributed by atoms with Gasteiger partial charge >= 0.3 is 0 Å². The van der Waals surface area contributed by atoms with Crippen LogP contribution in [-0.4, -0.2) is 19.0 Å². The molecule has 0 aliphatic heterocycles. The Morgan fingerprint density at radius 2 is 2.12 bits per heavy atom. The summed E-state index contributed by atoms with van der Waals surface area (Å²) in [5, 5.41) is 6.82. The first-order chi connectivity index (χ1) is 7.63. The lowest BCUT2D eigenvalue weighted by Crippen LogP contribution is -2.21. The van der Waals surface area contributed by atoms with E-state index in [4.69, 9.17) is 23.2 Å². The molecule has 16 heavy (non-hydrogen) atoms. The van der Waals surface area contributed by atoms with Gasteiger partial charge in [0.15, 0.2) is 0 Å². The molecule has 1 aromatic rings. The zero-order valence-electron chi connectivity index (χ0n) is 9.02. The van der Waals surface area contributed by atoms with Crippen molar-refractivity contribution < 1.29 is 4.79 Å². The van der Waals surface area contributed by atoms with Crippen molar-refractivity contribution in [2.45, 2.75) is 13.3 Å². The van der Waals surface area contributed by atoms with Crippen molar-refractivity contribution in [3.8, 4) is 0 Å². The monoisotopic (exact) mass is 260 g/mol. The van der Waals surface area contributed by atoms with Crippen molar-refractivity contribution in [1.82, 2.24) is 5.32 Å². The first-order valence-electron chi connectivity index (χ1n) is 5.09. The fraction of sp³-hybridized carbons (Fsp3) is 0.364. The van der Waals surface area contributed by atoms with Gasteiger partial charge in [-0.2, -0.15) is 0 Å². The van der Waals surface area contributed by atoms with Crippen LogP contribution in [0, 0.1) is 0 Å². The molecule has 0 fully saturated rings. The fourth-order valence-electron chi connectivity index (χ4n) is 1.18. The average molecular weight is 261 g/mol. The first-order valence-corrected chi connectivity index (χ1v) is 5.84. The van der Waals surface area contributed by atoms with E-state index in [1.807, 2.05) is 6.92 Å². The van der Waals surface area contributed by atoms with Gasteiger partial charge in [-0.15, -0.1) is 0 Å². The van der Waals surface area contributed by atoms with Crippen molar-refractivity contribution in [2.75, 3.05) is 18.4 Å². The van der Waals surface area contributed by atoms with Crippen molar-refractivity contribution in [1.29, 1.82) is 0 Å². The Hall–Kier alpha value is -0.770. The minimum atomic E-state index is -0.0786. The van der Waals surface area contributed by atoms with Crippen LogP contribution >= 0.6 is 23.2 Å². The lowest BCUT2D eigenvalue weighted by Gasteiger charge is -2.07. The third kappa shape index (κ3) is 4.39. The molecule has 0 aliphatic rings. The van der Waals surface area contributed by atoms with Crippen LogP contribution in [0.5, 0.6) is 0 Å². The van der Waals surface area contributed by atoms with E-state index in [9.17, 15) is 4.79 Å². The molecule has 1 aromatic carbocycles. The Labute approximate surface area is 105 Å². The van der Waals surface area contributed by atoms with E-state index in [1.165, 1.54) is 0 Å². The molecule has 0 unspecified atom stereocenters. The average Bonchev–Trinajstić information content (AvgIpc) is 2.24. The number of carbonyl (C=O) groups is 1. The first kappa shape index (κ1) is 13.3. The molecule has 88 valence electrons. The molecule has 0 spiro atoms. The highest BCUT2D eigenvalue weighted by molar-refractivity contribution is 6.35. The molecule has 1 amide bonds. The van der Waals surface area contributed by atoms with Gasteiger partial charge in [-0.25, -0.2) is 0 Å². The van der Waals surface area contributed by atoms with Crippen LogP contribution < -0.4 is 10.6 Å². The minimum absolute atomic E-state index is 0.0786. The number of hydrogen-bond donors (Lipinski definition) is 2. The van der Waals surface area contributed by atoms with Crippen LogP contribution in [-0.2, 0) is 4.79 Å². The summed E-state index contributed by atoms with van der Waals surface area (Å²) in [6, 6.07) is 4.97. The predicted molar refractivity (Wildman–Crippen MR) is 68.3 cm³/mol. The summed E-state index contributed by atoms with van der Waals surface area (Å²) >= 11 is 11.7. The smallest absolute Gasteiger partial charge is 0.225 e. The summed E-state index contributed by atoms with van der Waals surface area (Å²) in [6.45, 7) is 3.50. The summed E-state index contributed by atoms with van der Waals surface area (Å²) in [5.74, 6) is -0.0786. The van der Waals surface area contributed by atoms with E-state index in [1.54, 1.807) is 18.2 Å². The van der Waals surface area contributed by atoms with E-state index in [-0.39, 0.29) is 5.91 Å². The van der Waals surface area contributed by atoms with Crippen LogP contribution in [0.1, 0.15) is 13.3 Å². The lowest BCUT2D eigenvalue weighted by atomic mass is 10.3. The van der Waals surface area contributed by atoms with Crippen LogP contribution in [0.3, 0.4) is 0 Å². The van der Waals surface area contributed by atoms with Gasteiger partial charge in [-0.1, -0.05) is 30.1 Å². The topological polar surface area (TPSA) is 41.1 Å². The molecule has 0 heterocycles.